The lowest BCUT2D eigenvalue weighted by Crippen LogP contribution is -2.49. The fourth-order valence-electron chi connectivity index (χ4n) is 3.20. The second-order valence-electron chi connectivity index (χ2n) is 7.93. The van der Waals surface area contributed by atoms with Gasteiger partial charge in [0, 0.05) is 31.1 Å². The van der Waals surface area contributed by atoms with E-state index in [-0.39, 0.29) is 11.4 Å². The van der Waals surface area contributed by atoms with Crippen LogP contribution in [0.4, 0.5) is 0 Å². The number of amides is 1. The Labute approximate surface area is 153 Å². The van der Waals surface area contributed by atoms with E-state index in [1.165, 1.54) is 32.4 Å². The topological polar surface area (TPSA) is 68.8 Å². The lowest BCUT2D eigenvalue weighted by molar-refractivity contribution is -0.121. The largest absolute Gasteiger partial charge is 0.357 e. The minimum Gasteiger partial charge on any atom is -0.357 e. The van der Waals surface area contributed by atoms with Crippen molar-refractivity contribution in [1.82, 2.24) is 20.9 Å². The fourth-order valence-corrected chi connectivity index (χ4v) is 3.20. The van der Waals surface area contributed by atoms with Gasteiger partial charge in [0.25, 0.3) is 0 Å². The Balaban J connectivity index is 1.71. The Hall–Kier alpha value is -1.30. The molecule has 0 aromatic heterocycles. The van der Waals surface area contributed by atoms with Gasteiger partial charge in [-0.25, -0.2) is 0 Å². The summed E-state index contributed by atoms with van der Waals surface area (Å²) < 4.78 is 0. The van der Waals surface area contributed by atoms with Gasteiger partial charge in [0.15, 0.2) is 5.96 Å². The number of carbonyl (C=O) groups excluding carboxylic acids is 1. The number of carbonyl (C=O) groups is 1. The highest BCUT2D eigenvalue weighted by atomic mass is 16.1. The average Bonchev–Trinajstić information content (AvgIpc) is 3.41. The summed E-state index contributed by atoms with van der Waals surface area (Å²) >= 11 is 0. The van der Waals surface area contributed by atoms with Crippen molar-refractivity contribution in [3.8, 4) is 0 Å². The van der Waals surface area contributed by atoms with Crippen LogP contribution in [0, 0.1) is 0 Å². The SMILES string of the molecule is CCNC(=NCC(C)(C)N1CCCCC1)NCCCC(=O)NC1CC1. The van der Waals surface area contributed by atoms with Crippen LogP contribution in [0.1, 0.15) is 65.7 Å². The van der Waals surface area contributed by atoms with Gasteiger partial charge in [0.2, 0.25) is 5.91 Å². The quantitative estimate of drug-likeness (QED) is 0.337. The summed E-state index contributed by atoms with van der Waals surface area (Å²) in [4.78, 5) is 19.1. The van der Waals surface area contributed by atoms with E-state index in [4.69, 9.17) is 4.99 Å². The molecule has 1 aliphatic heterocycles. The second-order valence-corrected chi connectivity index (χ2v) is 7.93. The first kappa shape index (κ1) is 20.0. The molecule has 1 saturated heterocycles. The molecule has 2 fully saturated rings. The minimum absolute atomic E-state index is 0.0902. The zero-order valence-electron chi connectivity index (χ0n) is 16.4. The average molecular weight is 352 g/mol. The molecule has 0 spiro atoms. The number of hydrogen-bond acceptors (Lipinski definition) is 3. The number of guanidine groups is 1. The Morgan fingerprint density at radius 1 is 1.16 bits per heavy atom. The van der Waals surface area contributed by atoms with Crippen LogP contribution < -0.4 is 16.0 Å². The Bertz CT molecular complexity index is 439. The first-order chi connectivity index (χ1) is 12.0. The van der Waals surface area contributed by atoms with Crippen molar-refractivity contribution in [2.75, 3.05) is 32.7 Å². The molecule has 3 N–H and O–H groups in total. The molecule has 0 radical (unpaired) electrons. The summed E-state index contributed by atoms with van der Waals surface area (Å²) in [6.45, 7) is 11.4. The van der Waals surface area contributed by atoms with Crippen molar-refractivity contribution >= 4 is 11.9 Å². The molecule has 1 amide bonds. The van der Waals surface area contributed by atoms with Crippen molar-refractivity contribution in [2.45, 2.75) is 77.3 Å². The Morgan fingerprint density at radius 3 is 2.52 bits per heavy atom. The van der Waals surface area contributed by atoms with Crippen molar-refractivity contribution in [3.05, 3.63) is 0 Å². The van der Waals surface area contributed by atoms with Crippen LogP contribution in [0.25, 0.3) is 0 Å². The number of aliphatic imine (C=N–C) groups is 1. The van der Waals surface area contributed by atoms with Gasteiger partial charge in [-0.1, -0.05) is 6.42 Å². The maximum Gasteiger partial charge on any atom is 0.220 e. The molecule has 0 aromatic rings. The molecule has 2 aliphatic rings. The lowest BCUT2D eigenvalue weighted by atomic mass is 9.99. The summed E-state index contributed by atoms with van der Waals surface area (Å²) in [5.74, 6) is 1.03. The molecule has 0 atom stereocenters. The third kappa shape index (κ3) is 7.63. The molecule has 6 heteroatoms. The highest BCUT2D eigenvalue weighted by molar-refractivity contribution is 5.80. The van der Waals surface area contributed by atoms with E-state index < -0.39 is 0 Å². The summed E-state index contributed by atoms with van der Waals surface area (Å²) in [6.07, 6.45) is 7.67. The third-order valence-electron chi connectivity index (χ3n) is 5.00. The smallest absolute Gasteiger partial charge is 0.220 e. The normalized spacial score (nSPS) is 19.6. The van der Waals surface area contributed by atoms with Crippen molar-refractivity contribution < 1.29 is 4.79 Å². The molecule has 6 nitrogen and oxygen atoms in total. The third-order valence-corrected chi connectivity index (χ3v) is 5.00. The van der Waals surface area contributed by atoms with Crippen LogP contribution in [0.3, 0.4) is 0 Å². The first-order valence-electron chi connectivity index (χ1n) is 10.1. The van der Waals surface area contributed by atoms with E-state index in [0.717, 1.165) is 44.9 Å². The zero-order chi connectivity index (χ0) is 18.1. The molecule has 2 rings (SSSR count). The van der Waals surface area contributed by atoms with Gasteiger partial charge in [-0.3, -0.25) is 14.7 Å². The molecule has 0 aromatic carbocycles. The molecular formula is C19H37N5O. The van der Waals surface area contributed by atoms with Gasteiger partial charge in [0.05, 0.1) is 6.54 Å². The number of rotatable bonds is 9. The maximum atomic E-state index is 11.7. The Kier molecular flexibility index (Phi) is 8.00. The zero-order valence-corrected chi connectivity index (χ0v) is 16.4. The fraction of sp³-hybridized carbons (Fsp3) is 0.895. The summed E-state index contributed by atoms with van der Waals surface area (Å²) in [7, 11) is 0. The van der Waals surface area contributed by atoms with Gasteiger partial charge in [0.1, 0.15) is 0 Å². The number of nitrogens with zero attached hydrogens (tertiary/aromatic N) is 2. The molecule has 144 valence electrons. The highest BCUT2D eigenvalue weighted by Gasteiger charge is 2.27. The van der Waals surface area contributed by atoms with Gasteiger partial charge in [-0.05, 0) is 66.0 Å². The van der Waals surface area contributed by atoms with Gasteiger partial charge in [-0.15, -0.1) is 0 Å². The Morgan fingerprint density at radius 2 is 1.88 bits per heavy atom. The molecule has 1 aliphatic carbocycles. The van der Waals surface area contributed by atoms with Crippen LogP contribution in [-0.4, -0.2) is 61.1 Å². The van der Waals surface area contributed by atoms with E-state index in [0.29, 0.717) is 12.5 Å². The van der Waals surface area contributed by atoms with E-state index in [2.05, 4.69) is 41.6 Å². The summed E-state index contributed by atoms with van der Waals surface area (Å²) in [5, 5.41) is 9.70. The van der Waals surface area contributed by atoms with Gasteiger partial charge in [-0.2, -0.15) is 0 Å². The van der Waals surface area contributed by atoms with Crippen LogP contribution in [0.15, 0.2) is 4.99 Å². The molecule has 0 unspecified atom stereocenters. The molecular weight excluding hydrogens is 314 g/mol. The predicted octanol–water partition coefficient (Wildman–Crippen LogP) is 1.86. The van der Waals surface area contributed by atoms with Crippen LogP contribution >= 0.6 is 0 Å². The molecule has 1 heterocycles. The lowest BCUT2D eigenvalue weighted by Gasteiger charge is -2.40. The van der Waals surface area contributed by atoms with Crippen LogP contribution in [0.2, 0.25) is 0 Å². The number of piperidine rings is 1. The van der Waals surface area contributed by atoms with E-state index in [9.17, 15) is 4.79 Å². The maximum absolute atomic E-state index is 11.7. The van der Waals surface area contributed by atoms with Crippen molar-refractivity contribution in [3.63, 3.8) is 0 Å². The van der Waals surface area contributed by atoms with Crippen LogP contribution in [-0.2, 0) is 4.79 Å². The highest BCUT2D eigenvalue weighted by Crippen LogP contribution is 2.21. The molecule has 0 bridgehead atoms. The monoisotopic (exact) mass is 351 g/mol. The number of nitrogens with one attached hydrogen (secondary N) is 3. The number of hydrogen-bond donors (Lipinski definition) is 3. The summed E-state index contributed by atoms with van der Waals surface area (Å²) in [6, 6.07) is 0.455. The van der Waals surface area contributed by atoms with Crippen molar-refractivity contribution in [1.29, 1.82) is 0 Å². The van der Waals surface area contributed by atoms with Gasteiger partial charge >= 0.3 is 0 Å². The molecule has 1 saturated carbocycles. The van der Waals surface area contributed by atoms with Gasteiger partial charge < -0.3 is 16.0 Å². The standard InChI is InChI=1S/C19H37N5O/c1-4-20-18(21-12-8-9-17(25)23-16-10-11-16)22-15-19(2,3)24-13-6-5-7-14-24/h16H,4-15H2,1-3H3,(H,23,25)(H2,20,21,22). The van der Waals surface area contributed by atoms with E-state index in [1.54, 1.807) is 0 Å². The second kappa shape index (κ2) is 10.00. The number of likely N-dealkylation sites (tertiary alicyclic amines) is 1. The van der Waals surface area contributed by atoms with E-state index >= 15 is 0 Å². The van der Waals surface area contributed by atoms with Crippen molar-refractivity contribution in [2.24, 2.45) is 4.99 Å². The van der Waals surface area contributed by atoms with Crippen LogP contribution in [0.5, 0.6) is 0 Å². The summed E-state index contributed by atoms with van der Waals surface area (Å²) in [5.41, 5.74) is 0.0902. The molecule has 25 heavy (non-hydrogen) atoms. The minimum atomic E-state index is 0.0902. The van der Waals surface area contributed by atoms with E-state index in [1.807, 2.05) is 0 Å². The predicted molar refractivity (Wildman–Crippen MR) is 104 cm³/mol. The first-order valence-corrected chi connectivity index (χ1v) is 10.1.